The van der Waals surface area contributed by atoms with Gasteiger partial charge < -0.3 is 20.7 Å². The van der Waals surface area contributed by atoms with Gasteiger partial charge >= 0.3 is 0 Å². The smallest absolute Gasteiger partial charge is 0.274 e. The molecule has 2 amide bonds. The largest absolute Gasteiger partial charge is 0.465 e. The van der Waals surface area contributed by atoms with E-state index in [2.05, 4.69) is 10.3 Å². The Morgan fingerprint density at radius 3 is 2.68 bits per heavy atom. The maximum atomic E-state index is 12.7. The summed E-state index contributed by atoms with van der Waals surface area (Å²) < 4.78 is 7.00. The van der Waals surface area contributed by atoms with Gasteiger partial charge in [0.1, 0.15) is 12.1 Å². The molecule has 1 fully saturated rings. The summed E-state index contributed by atoms with van der Waals surface area (Å²) >= 11 is 1.45. The molecule has 1 aliphatic rings. The third-order valence-corrected chi connectivity index (χ3v) is 5.60. The number of rotatable bonds is 6. The zero-order valence-corrected chi connectivity index (χ0v) is 15.9. The lowest BCUT2D eigenvalue weighted by molar-refractivity contribution is -0.135. The molecule has 3 aromatic rings. The number of carbonyl (C=O) groups is 2. The van der Waals surface area contributed by atoms with E-state index in [1.165, 1.54) is 16.2 Å². The molecule has 2 aromatic carbocycles. The molecule has 28 heavy (non-hydrogen) atoms. The van der Waals surface area contributed by atoms with Crippen LogP contribution in [0.2, 0.25) is 0 Å². The van der Waals surface area contributed by atoms with Crippen LogP contribution in [-0.2, 0) is 9.59 Å². The van der Waals surface area contributed by atoms with E-state index < -0.39 is 11.9 Å². The van der Waals surface area contributed by atoms with Gasteiger partial charge in [-0.3, -0.25) is 9.59 Å². The van der Waals surface area contributed by atoms with E-state index in [0.29, 0.717) is 18.2 Å². The van der Waals surface area contributed by atoms with E-state index in [4.69, 9.17) is 10.5 Å². The summed E-state index contributed by atoms with van der Waals surface area (Å²) in [7, 11) is 0. The van der Waals surface area contributed by atoms with Crippen LogP contribution in [0.4, 0.5) is 5.69 Å². The highest BCUT2D eigenvalue weighted by atomic mass is 32.1. The second-order valence-electron chi connectivity index (χ2n) is 6.61. The number of primary amides is 1. The van der Waals surface area contributed by atoms with Crippen LogP contribution < -0.4 is 15.8 Å². The van der Waals surface area contributed by atoms with Crippen LogP contribution in [0.1, 0.15) is 6.42 Å². The number of nitrogens with two attached hydrogens (primary N) is 1. The first-order valence-corrected chi connectivity index (χ1v) is 9.82. The normalized spacial score (nSPS) is 18.9. The van der Waals surface area contributed by atoms with Crippen LogP contribution in [0.25, 0.3) is 10.2 Å². The number of thiazole rings is 1. The lowest BCUT2D eigenvalue weighted by Crippen LogP contribution is -2.45. The van der Waals surface area contributed by atoms with Crippen LogP contribution in [0, 0.1) is 0 Å². The molecule has 7 nitrogen and oxygen atoms in total. The number of ether oxygens (including phenoxy) is 1. The number of para-hydroxylation sites is 2. The minimum absolute atomic E-state index is 0.0850. The molecule has 1 unspecified atom stereocenters. The molecule has 0 aliphatic carbocycles. The van der Waals surface area contributed by atoms with E-state index in [-0.39, 0.29) is 18.6 Å². The van der Waals surface area contributed by atoms with Crippen molar-refractivity contribution in [1.29, 1.82) is 0 Å². The lowest BCUT2D eigenvalue weighted by Gasteiger charge is -2.22. The van der Waals surface area contributed by atoms with Crippen molar-refractivity contribution in [3.05, 3.63) is 54.6 Å². The minimum atomic E-state index is -0.676. The Balaban J connectivity index is 1.42. The van der Waals surface area contributed by atoms with E-state index in [1.54, 1.807) is 0 Å². The number of likely N-dealkylation sites (tertiary alicyclic amines) is 1. The summed E-state index contributed by atoms with van der Waals surface area (Å²) in [4.78, 5) is 30.5. The van der Waals surface area contributed by atoms with Crippen molar-refractivity contribution in [3.8, 4) is 5.19 Å². The molecule has 8 heteroatoms. The number of carbonyl (C=O) groups excluding carboxylic acids is 2. The van der Waals surface area contributed by atoms with Crippen molar-refractivity contribution in [3.63, 3.8) is 0 Å². The number of aromatic nitrogens is 1. The highest BCUT2D eigenvalue weighted by Crippen LogP contribution is 2.30. The Kier molecular flexibility index (Phi) is 5.12. The molecule has 1 aromatic heterocycles. The second kappa shape index (κ2) is 7.85. The number of anilines is 1. The first-order valence-electron chi connectivity index (χ1n) is 9.00. The average Bonchev–Trinajstić information content (AvgIpc) is 3.31. The second-order valence-corrected chi connectivity index (χ2v) is 7.60. The highest BCUT2D eigenvalue weighted by molar-refractivity contribution is 7.20. The van der Waals surface area contributed by atoms with E-state index in [9.17, 15) is 9.59 Å². The van der Waals surface area contributed by atoms with Crippen molar-refractivity contribution in [2.75, 3.05) is 18.4 Å². The fraction of sp³-hybridized carbons (Fsp3) is 0.250. The quantitative estimate of drug-likeness (QED) is 0.666. The number of nitrogens with zero attached hydrogens (tertiary/aromatic N) is 2. The number of hydrogen-bond donors (Lipinski definition) is 2. The van der Waals surface area contributed by atoms with Gasteiger partial charge in [-0.25, -0.2) is 4.98 Å². The van der Waals surface area contributed by atoms with Gasteiger partial charge in [0.25, 0.3) is 5.19 Å². The van der Waals surface area contributed by atoms with Gasteiger partial charge in [-0.1, -0.05) is 41.7 Å². The Labute approximate surface area is 166 Å². The minimum Gasteiger partial charge on any atom is -0.465 e. The molecule has 0 radical (unpaired) electrons. The number of hydrogen-bond acceptors (Lipinski definition) is 6. The monoisotopic (exact) mass is 396 g/mol. The molecule has 1 aliphatic heterocycles. The zero-order valence-electron chi connectivity index (χ0n) is 15.1. The zero-order chi connectivity index (χ0) is 19.5. The Morgan fingerprint density at radius 1 is 1.18 bits per heavy atom. The number of nitrogens with one attached hydrogen (secondary N) is 1. The SMILES string of the molecule is NC(=O)C1C[C@@H](Oc2nc3ccccc3s2)CN1C(=O)CNc1ccccc1. The van der Waals surface area contributed by atoms with Crippen molar-refractivity contribution in [2.24, 2.45) is 5.73 Å². The van der Waals surface area contributed by atoms with Crippen LogP contribution >= 0.6 is 11.3 Å². The third kappa shape index (κ3) is 3.91. The highest BCUT2D eigenvalue weighted by Gasteiger charge is 2.39. The molecule has 2 heterocycles. The molecule has 0 spiro atoms. The topological polar surface area (TPSA) is 97.6 Å². The Bertz CT molecular complexity index is 958. The van der Waals surface area contributed by atoms with Crippen molar-refractivity contribution in [2.45, 2.75) is 18.6 Å². The van der Waals surface area contributed by atoms with E-state index in [1.807, 2.05) is 54.6 Å². The maximum Gasteiger partial charge on any atom is 0.274 e. The predicted octanol–water partition coefficient (Wildman–Crippen LogP) is 2.24. The van der Waals surface area contributed by atoms with Gasteiger partial charge in [0.15, 0.2) is 0 Å². The lowest BCUT2D eigenvalue weighted by atomic mass is 10.2. The Morgan fingerprint density at radius 2 is 1.93 bits per heavy atom. The van der Waals surface area contributed by atoms with Gasteiger partial charge in [-0.15, -0.1) is 0 Å². The first-order chi connectivity index (χ1) is 13.6. The predicted molar refractivity (Wildman–Crippen MR) is 108 cm³/mol. The average molecular weight is 396 g/mol. The van der Waals surface area contributed by atoms with Crippen LogP contribution in [0.5, 0.6) is 5.19 Å². The molecule has 3 N–H and O–H groups in total. The number of benzene rings is 2. The van der Waals surface area contributed by atoms with E-state index >= 15 is 0 Å². The molecular weight excluding hydrogens is 376 g/mol. The fourth-order valence-electron chi connectivity index (χ4n) is 3.31. The summed E-state index contributed by atoms with van der Waals surface area (Å²) in [6, 6.07) is 16.5. The molecule has 0 saturated carbocycles. The summed E-state index contributed by atoms with van der Waals surface area (Å²) in [5, 5.41) is 3.60. The van der Waals surface area contributed by atoms with E-state index in [0.717, 1.165) is 15.9 Å². The number of amides is 2. The van der Waals surface area contributed by atoms with Crippen LogP contribution in [0.15, 0.2) is 54.6 Å². The molecular formula is C20H20N4O3S. The summed E-state index contributed by atoms with van der Waals surface area (Å²) in [6.45, 7) is 0.389. The van der Waals surface area contributed by atoms with Crippen molar-refractivity contribution in [1.82, 2.24) is 9.88 Å². The molecule has 1 saturated heterocycles. The number of fused-ring (bicyclic) bond motifs is 1. The van der Waals surface area contributed by atoms with Crippen molar-refractivity contribution >= 4 is 39.1 Å². The molecule has 144 valence electrons. The van der Waals surface area contributed by atoms with Gasteiger partial charge in [-0.2, -0.15) is 0 Å². The third-order valence-electron chi connectivity index (χ3n) is 4.67. The molecule has 0 bridgehead atoms. The maximum absolute atomic E-state index is 12.7. The standard InChI is InChI=1S/C20H20N4O3S/c21-19(26)16-10-14(27-20-23-15-8-4-5-9-17(15)28-20)12-24(16)18(25)11-22-13-6-2-1-3-7-13/h1-9,14,16,22H,10-12H2,(H2,21,26)/t14-,16?/m1/s1. The molecule has 2 atom stereocenters. The van der Waals surface area contributed by atoms with Gasteiger partial charge in [0, 0.05) is 12.1 Å². The summed E-state index contributed by atoms with van der Waals surface area (Å²) in [5.74, 6) is -0.716. The van der Waals surface area contributed by atoms with Gasteiger partial charge in [-0.05, 0) is 24.3 Å². The van der Waals surface area contributed by atoms with Gasteiger partial charge in [0.2, 0.25) is 11.8 Å². The summed E-state index contributed by atoms with van der Waals surface area (Å²) in [5.41, 5.74) is 7.24. The van der Waals surface area contributed by atoms with Gasteiger partial charge in [0.05, 0.1) is 23.3 Å². The van der Waals surface area contributed by atoms with Crippen LogP contribution in [0.3, 0.4) is 0 Å². The fourth-order valence-corrected chi connectivity index (χ4v) is 4.19. The van der Waals surface area contributed by atoms with Crippen molar-refractivity contribution < 1.29 is 14.3 Å². The Hall–Kier alpha value is -3.13. The van der Waals surface area contributed by atoms with Crippen LogP contribution in [-0.4, -0.2) is 46.9 Å². The first kappa shape index (κ1) is 18.2. The summed E-state index contributed by atoms with van der Waals surface area (Å²) in [6.07, 6.45) is 0.0428. The molecule has 4 rings (SSSR count).